The van der Waals surface area contributed by atoms with Crippen LogP contribution in [0.5, 0.6) is 0 Å². The summed E-state index contributed by atoms with van der Waals surface area (Å²) in [6, 6.07) is 14.9. The number of para-hydroxylation sites is 1. The molecule has 0 fully saturated rings. The van der Waals surface area contributed by atoms with Gasteiger partial charge in [0.2, 0.25) is 10.0 Å². The molecule has 0 amide bonds. The Morgan fingerprint density at radius 1 is 1.08 bits per heavy atom. The van der Waals surface area contributed by atoms with E-state index in [1.165, 1.54) is 0 Å². The molecular weight excluding hydrogens is 340 g/mol. The van der Waals surface area contributed by atoms with Gasteiger partial charge in [-0.2, -0.15) is 0 Å². The number of fused-ring (bicyclic) bond motifs is 1. The van der Waals surface area contributed by atoms with Gasteiger partial charge in [0.1, 0.15) is 6.04 Å². The first-order valence-corrected chi connectivity index (χ1v) is 9.41. The van der Waals surface area contributed by atoms with Crippen LogP contribution in [0.2, 0.25) is 0 Å². The van der Waals surface area contributed by atoms with E-state index in [1.54, 1.807) is 36.5 Å². The van der Waals surface area contributed by atoms with Gasteiger partial charge in [0.05, 0.1) is 5.75 Å². The van der Waals surface area contributed by atoms with Crippen molar-refractivity contribution in [3.05, 3.63) is 71.9 Å². The molecule has 3 aromatic rings. The van der Waals surface area contributed by atoms with Gasteiger partial charge in [0.25, 0.3) is 0 Å². The first-order valence-electron chi connectivity index (χ1n) is 7.76. The van der Waals surface area contributed by atoms with Gasteiger partial charge >= 0.3 is 5.97 Å². The van der Waals surface area contributed by atoms with Crippen molar-refractivity contribution in [2.24, 2.45) is 0 Å². The Bertz CT molecular complexity index is 980. The van der Waals surface area contributed by atoms with Crippen LogP contribution in [-0.4, -0.2) is 30.5 Å². The van der Waals surface area contributed by atoms with E-state index in [0.717, 1.165) is 16.5 Å². The number of rotatable bonds is 7. The van der Waals surface area contributed by atoms with Crippen molar-refractivity contribution in [1.82, 2.24) is 9.71 Å². The highest BCUT2D eigenvalue weighted by Crippen LogP contribution is 2.19. The van der Waals surface area contributed by atoms with E-state index in [1.807, 2.05) is 24.3 Å². The summed E-state index contributed by atoms with van der Waals surface area (Å²) in [6.45, 7) is 0. The Labute approximate surface area is 145 Å². The Morgan fingerprint density at radius 2 is 1.76 bits per heavy atom. The number of carboxylic acids is 1. The molecule has 1 unspecified atom stereocenters. The predicted molar refractivity (Wildman–Crippen MR) is 95.6 cm³/mol. The third kappa shape index (κ3) is 4.26. The monoisotopic (exact) mass is 358 g/mol. The van der Waals surface area contributed by atoms with Crippen LogP contribution < -0.4 is 4.72 Å². The van der Waals surface area contributed by atoms with Crippen LogP contribution in [-0.2, 0) is 27.0 Å². The molecule has 1 atom stereocenters. The normalized spacial score (nSPS) is 13.0. The average molecular weight is 358 g/mol. The second-order valence-electron chi connectivity index (χ2n) is 5.82. The van der Waals surface area contributed by atoms with Gasteiger partial charge in [0, 0.05) is 23.5 Å². The molecular formula is C18H18N2O4S. The van der Waals surface area contributed by atoms with E-state index in [0.29, 0.717) is 5.56 Å². The summed E-state index contributed by atoms with van der Waals surface area (Å²) < 4.78 is 27.0. The SMILES string of the molecule is O=C(O)C(Cc1c[nH]c2ccccc12)NS(=O)(=O)Cc1ccccc1. The van der Waals surface area contributed by atoms with Crippen LogP contribution >= 0.6 is 0 Å². The molecule has 0 saturated heterocycles. The Hall–Kier alpha value is -2.64. The molecule has 6 nitrogen and oxygen atoms in total. The molecule has 0 bridgehead atoms. The van der Waals surface area contributed by atoms with E-state index in [2.05, 4.69) is 9.71 Å². The number of carboxylic acid groups (broad SMARTS) is 1. The highest BCUT2D eigenvalue weighted by molar-refractivity contribution is 7.88. The Morgan fingerprint density at radius 3 is 2.48 bits per heavy atom. The second-order valence-corrected chi connectivity index (χ2v) is 7.57. The minimum Gasteiger partial charge on any atom is -0.480 e. The zero-order valence-electron chi connectivity index (χ0n) is 13.3. The fraction of sp³-hybridized carbons (Fsp3) is 0.167. The number of H-pyrrole nitrogens is 1. The highest BCUT2D eigenvalue weighted by Gasteiger charge is 2.25. The van der Waals surface area contributed by atoms with Gasteiger partial charge < -0.3 is 10.1 Å². The van der Waals surface area contributed by atoms with Crippen LogP contribution in [0.15, 0.2) is 60.8 Å². The van der Waals surface area contributed by atoms with E-state index in [-0.39, 0.29) is 12.2 Å². The molecule has 0 aliphatic carbocycles. The lowest BCUT2D eigenvalue weighted by Gasteiger charge is -2.14. The predicted octanol–water partition coefficient (Wildman–Crippen LogP) is 2.28. The lowest BCUT2D eigenvalue weighted by atomic mass is 10.1. The van der Waals surface area contributed by atoms with E-state index in [4.69, 9.17) is 0 Å². The summed E-state index contributed by atoms with van der Waals surface area (Å²) in [5.74, 6) is -1.46. The number of aromatic nitrogens is 1. The smallest absolute Gasteiger partial charge is 0.322 e. The molecule has 0 aliphatic rings. The molecule has 3 N–H and O–H groups in total. The van der Waals surface area contributed by atoms with Crippen LogP contribution in [0.25, 0.3) is 10.9 Å². The van der Waals surface area contributed by atoms with Crippen molar-refractivity contribution in [2.45, 2.75) is 18.2 Å². The first-order chi connectivity index (χ1) is 11.9. The lowest BCUT2D eigenvalue weighted by molar-refractivity contribution is -0.138. The Kier molecular flexibility index (Phi) is 4.87. The van der Waals surface area contributed by atoms with Gasteiger partial charge in [-0.3, -0.25) is 4.79 Å². The van der Waals surface area contributed by atoms with Crippen molar-refractivity contribution in [3.8, 4) is 0 Å². The van der Waals surface area contributed by atoms with Crippen molar-refractivity contribution in [1.29, 1.82) is 0 Å². The van der Waals surface area contributed by atoms with Gasteiger partial charge in [-0.25, -0.2) is 13.1 Å². The van der Waals surface area contributed by atoms with Crippen LogP contribution in [0, 0.1) is 0 Å². The van der Waals surface area contributed by atoms with Crippen molar-refractivity contribution in [3.63, 3.8) is 0 Å². The molecule has 7 heteroatoms. The van der Waals surface area contributed by atoms with E-state index < -0.39 is 22.0 Å². The van der Waals surface area contributed by atoms with Crippen LogP contribution in [0.4, 0.5) is 0 Å². The third-order valence-electron chi connectivity index (χ3n) is 3.92. The number of hydrogen-bond donors (Lipinski definition) is 3. The number of aliphatic carboxylic acids is 1. The maximum atomic E-state index is 12.3. The number of sulfonamides is 1. The molecule has 25 heavy (non-hydrogen) atoms. The largest absolute Gasteiger partial charge is 0.480 e. The van der Waals surface area contributed by atoms with E-state index >= 15 is 0 Å². The summed E-state index contributed by atoms with van der Waals surface area (Å²) >= 11 is 0. The second kappa shape index (κ2) is 7.08. The maximum absolute atomic E-state index is 12.3. The summed E-state index contributed by atoms with van der Waals surface area (Å²) in [5, 5.41) is 10.3. The van der Waals surface area contributed by atoms with Gasteiger partial charge in [-0.1, -0.05) is 48.5 Å². The summed E-state index contributed by atoms with van der Waals surface area (Å²) in [4.78, 5) is 14.6. The summed E-state index contributed by atoms with van der Waals surface area (Å²) in [6.07, 6.45) is 1.78. The Balaban J connectivity index is 1.78. The first kappa shape index (κ1) is 17.2. The summed E-state index contributed by atoms with van der Waals surface area (Å²) in [7, 11) is -3.78. The molecule has 1 aromatic heterocycles. The molecule has 0 radical (unpaired) electrons. The fourth-order valence-corrected chi connectivity index (χ4v) is 4.08. The number of nitrogens with one attached hydrogen (secondary N) is 2. The summed E-state index contributed by atoms with van der Waals surface area (Å²) in [5.41, 5.74) is 2.24. The highest BCUT2D eigenvalue weighted by atomic mass is 32.2. The number of benzene rings is 2. The number of carbonyl (C=O) groups is 1. The molecule has 3 rings (SSSR count). The van der Waals surface area contributed by atoms with Crippen molar-refractivity contribution < 1.29 is 18.3 Å². The molecule has 1 heterocycles. The zero-order valence-corrected chi connectivity index (χ0v) is 14.2. The van der Waals surface area contributed by atoms with E-state index in [9.17, 15) is 18.3 Å². The fourth-order valence-electron chi connectivity index (χ4n) is 2.75. The molecule has 2 aromatic carbocycles. The van der Waals surface area contributed by atoms with Crippen molar-refractivity contribution >= 4 is 26.9 Å². The molecule has 0 spiro atoms. The van der Waals surface area contributed by atoms with Crippen LogP contribution in [0.1, 0.15) is 11.1 Å². The molecule has 130 valence electrons. The minimum atomic E-state index is -3.78. The van der Waals surface area contributed by atoms with Crippen LogP contribution in [0.3, 0.4) is 0 Å². The number of hydrogen-bond acceptors (Lipinski definition) is 3. The standard InChI is InChI=1S/C18H18N2O4S/c21-18(22)17(10-14-11-19-16-9-5-4-8-15(14)16)20-25(23,24)12-13-6-2-1-3-7-13/h1-9,11,17,19-20H,10,12H2,(H,21,22). The van der Waals surface area contributed by atoms with Gasteiger partial charge in [-0.15, -0.1) is 0 Å². The molecule has 0 saturated carbocycles. The third-order valence-corrected chi connectivity index (χ3v) is 5.28. The maximum Gasteiger partial charge on any atom is 0.322 e. The average Bonchev–Trinajstić information content (AvgIpc) is 2.98. The van der Waals surface area contributed by atoms with Gasteiger partial charge in [-0.05, 0) is 17.2 Å². The number of aromatic amines is 1. The van der Waals surface area contributed by atoms with Gasteiger partial charge in [0.15, 0.2) is 0 Å². The minimum absolute atomic E-state index is 0.0629. The quantitative estimate of drug-likeness (QED) is 0.603. The lowest BCUT2D eigenvalue weighted by Crippen LogP contribution is -2.42. The topological polar surface area (TPSA) is 99.3 Å². The molecule has 0 aliphatic heterocycles. The zero-order chi connectivity index (χ0) is 17.9. The van der Waals surface area contributed by atoms with Crippen molar-refractivity contribution in [2.75, 3.05) is 0 Å².